The fraction of sp³-hybridized carbons (Fsp3) is 0.467. The average molecular weight is 319 g/mol. The molecular weight excluding hydrogens is 298 g/mol. The number of nitrogens with zero attached hydrogens (tertiary/aromatic N) is 4. The summed E-state index contributed by atoms with van der Waals surface area (Å²) in [6, 6.07) is 10.1. The summed E-state index contributed by atoms with van der Waals surface area (Å²) < 4.78 is 1.56. The molecule has 1 N–H and O–H groups in total. The molecule has 6 nitrogen and oxygen atoms in total. The number of nitrogens with one attached hydrogen (secondary N) is 1. The highest BCUT2D eigenvalue weighted by Crippen LogP contribution is 2.21. The van der Waals surface area contributed by atoms with Crippen LogP contribution in [0.2, 0.25) is 0 Å². The largest absolute Gasteiger partial charge is 0.349 e. The molecule has 1 aromatic heterocycles. The number of thioether (sulfide) groups is 1. The van der Waals surface area contributed by atoms with E-state index in [-0.39, 0.29) is 11.9 Å². The van der Waals surface area contributed by atoms with Crippen molar-refractivity contribution < 1.29 is 4.79 Å². The molecule has 1 atom stereocenters. The third kappa shape index (κ3) is 4.84. The standard InChI is InChI=1S/C15H21N5OS/c1-11(2)9-13(12-7-5-4-6-8-12)16-14(21)10-22-15-17-18-19-20(15)3/h4-8,11,13H,9-10H2,1-3H3,(H,16,21). The first-order valence-electron chi connectivity index (χ1n) is 7.25. The lowest BCUT2D eigenvalue weighted by Crippen LogP contribution is -2.31. The van der Waals surface area contributed by atoms with Crippen molar-refractivity contribution >= 4 is 17.7 Å². The normalized spacial score (nSPS) is 12.4. The van der Waals surface area contributed by atoms with E-state index in [2.05, 4.69) is 34.7 Å². The molecule has 0 spiro atoms. The number of benzene rings is 1. The minimum Gasteiger partial charge on any atom is -0.349 e. The van der Waals surface area contributed by atoms with Crippen molar-refractivity contribution in [3.63, 3.8) is 0 Å². The summed E-state index contributed by atoms with van der Waals surface area (Å²) in [6.45, 7) is 4.31. The van der Waals surface area contributed by atoms with Crippen LogP contribution in [0.4, 0.5) is 0 Å². The van der Waals surface area contributed by atoms with E-state index in [9.17, 15) is 4.79 Å². The molecule has 0 aliphatic carbocycles. The average Bonchev–Trinajstić information content (AvgIpc) is 2.90. The molecule has 0 saturated carbocycles. The van der Waals surface area contributed by atoms with Gasteiger partial charge >= 0.3 is 0 Å². The van der Waals surface area contributed by atoms with Gasteiger partial charge in [0.2, 0.25) is 11.1 Å². The molecule has 1 amide bonds. The molecule has 2 rings (SSSR count). The summed E-state index contributed by atoms with van der Waals surface area (Å²) in [5.41, 5.74) is 1.13. The number of aromatic nitrogens is 4. The first-order chi connectivity index (χ1) is 10.6. The molecular formula is C15H21N5OS. The zero-order valence-electron chi connectivity index (χ0n) is 13.1. The molecule has 0 aliphatic rings. The lowest BCUT2D eigenvalue weighted by atomic mass is 9.97. The molecule has 1 unspecified atom stereocenters. The van der Waals surface area contributed by atoms with Crippen molar-refractivity contribution in [3.8, 4) is 0 Å². The third-order valence-corrected chi connectivity index (χ3v) is 4.17. The van der Waals surface area contributed by atoms with Gasteiger partial charge in [0.15, 0.2) is 0 Å². The number of aryl methyl sites for hydroxylation is 1. The Bertz CT molecular complexity index is 599. The van der Waals surface area contributed by atoms with Gasteiger partial charge in [-0.05, 0) is 28.3 Å². The number of hydrogen-bond donors (Lipinski definition) is 1. The summed E-state index contributed by atoms with van der Waals surface area (Å²) in [4.78, 5) is 12.2. The molecule has 0 fully saturated rings. The Balaban J connectivity index is 1.95. The predicted molar refractivity (Wildman–Crippen MR) is 86.3 cm³/mol. The fourth-order valence-corrected chi connectivity index (χ4v) is 2.81. The van der Waals surface area contributed by atoms with Crippen LogP contribution in [0.1, 0.15) is 31.9 Å². The van der Waals surface area contributed by atoms with Crippen molar-refractivity contribution in [1.29, 1.82) is 0 Å². The van der Waals surface area contributed by atoms with Crippen molar-refractivity contribution in [2.75, 3.05) is 5.75 Å². The van der Waals surface area contributed by atoms with E-state index in [1.807, 2.05) is 30.3 Å². The Hall–Kier alpha value is -1.89. The van der Waals surface area contributed by atoms with Gasteiger partial charge in [-0.15, -0.1) is 5.10 Å². The Kier molecular flexibility index (Phi) is 5.94. The van der Waals surface area contributed by atoms with E-state index < -0.39 is 0 Å². The third-order valence-electron chi connectivity index (χ3n) is 3.16. The number of carbonyl (C=O) groups is 1. The number of amides is 1. The zero-order valence-corrected chi connectivity index (χ0v) is 13.9. The van der Waals surface area contributed by atoms with Gasteiger partial charge in [0.1, 0.15) is 0 Å². The van der Waals surface area contributed by atoms with Gasteiger partial charge < -0.3 is 5.32 Å². The van der Waals surface area contributed by atoms with E-state index in [0.29, 0.717) is 16.8 Å². The highest BCUT2D eigenvalue weighted by Gasteiger charge is 2.16. The van der Waals surface area contributed by atoms with Crippen LogP contribution in [0, 0.1) is 5.92 Å². The molecule has 1 heterocycles. The maximum absolute atomic E-state index is 12.2. The summed E-state index contributed by atoms with van der Waals surface area (Å²) in [6.07, 6.45) is 0.909. The van der Waals surface area contributed by atoms with E-state index in [4.69, 9.17) is 0 Å². The van der Waals surface area contributed by atoms with Crippen LogP contribution in [0.5, 0.6) is 0 Å². The summed E-state index contributed by atoms with van der Waals surface area (Å²) in [7, 11) is 1.76. The van der Waals surface area contributed by atoms with Crippen LogP contribution in [0.25, 0.3) is 0 Å². The highest BCUT2D eigenvalue weighted by atomic mass is 32.2. The first-order valence-corrected chi connectivity index (χ1v) is 8.24. The van der Waals surface area contributed by atoms with Gasteiger partial charge in [0.25, 0.3) is 0 Å². The van der Waals surface area contributed by atoms with Gasteiger partial charge in [0, 0.05) is 7.05 Å². The molecule has 0 bridgehead atoms. The van der Waals surface area contributed by atoms with E-state index in [0.717, 1.165) is 12.0 Å². The van der Waals surface area contributed by atoms with E-state index in [1.165, 1.54) is 11.8 Å². The Morgan fingerprint density at radius 1 is 1.32 bits per heavy atom. The second-order valence-electron chi connectivity index (χ2n) is 5.53. The Labute approximate surface area is 134 Å². The molecule has 0 radical (unpaired) electrons. The van der Waals surface area contributed by atoms with Crippen molar-refractivity contribution in [1.82, 2.24) is 25.5 Å². The van der Waals surface area contributed by atoms with Crippen LogP contribution in [-0.2, 0) is 11.8 Å². The maximum Gasteiger partial charge on any atom is 0.230 e. The number of rotatable bonds is 7. The molecule has 0 saturated heterocycles. The highest BCUT2D eigenvalue weighted by molar-refractivity contribution is 7.99. The smallest absolute Gasteiger partial charge is 0.230 e. The Morgan fingerprint density at radius 3 is 2.64 bits per heavy atom. The van der Waals surface area contributed by atoms with E-state index >= 15 is 0 Å². The van der Waals surface area contributed by atoms with Gasteiger partial charge in [-0.1, -0.05) is 55.9 Å². The van der Waals surface area contributed by atoms with Crippen molar-refractivity contribution in [3.05, 3.63) is 35.9 Å². The van der Waals surface area contributed by atoms with Crippen LogP contribution in [0.15, 0.2) is 35.5 Å². The Morgan fingerprint density at radius 2 is 2.05 bits per heavy atom. The predicted octanol–water partition coefficient (Wildman–Crippen LogP) is 2.21. The van der Waals surface area contributed by atoms with Crippen LogP contribution >= 0.6 is 11.8 Å². The second kappa shape index (κ2) is 7.93. The van der Waals surface area contributed by atoms with E-state index in [1.54, 1.807) is 11.7 Å². The number of carbonyl (C=O) groups excluding carboxylic acids is 1. The SMILES string of the molecule is CC(C)CC(NC(=O)CSc1nnnn1C)c1ccccc1. The molecule has 2 aromatic rings. The molecule has 0 aliphatic heterocycles. The molecule has 118 valence electrons. The molecule has 22 heavy (non-hydrogen) atoms. The zero-order chi connectivity index (χ0) is 15.9. The summed E-state index contributed by atoms with van der Waals surface area (Å²) >= 11 is 1.33. The number of tetrazole rings is 1. The second-order valence-corrected chi connectivity index (χ2v) is 6.48. The molecule has 7 heteroatoms. The minimum absolute atomic E-state index is 0.0116. The van der Waals surface area contributed by atoms with Gasteiger partial charge in [-0.25, -0.2) is 4.68 Å². The first kappa shape index (κ1) is 16.5. The van der Waals surface area contributed by atoms with Crippen LogP contribution in [-0.4, -0.2) is 31.9 Å². The fourth-order valence-electron chi connectivity index (χ4n) is 2.14. The maximum atomic E-state index is 12.2. The van der Waals surface area contributed by atoms with Crippen molar-refractivity contribution in [2.45, 2.75) is 31.5 Å². The summed E-state index contributed by atoms with van der Waals surface area (Å²) in [5, 5.41) is 14.9. The minimum atomic E-state index is -0.0116. The summed E-state index contributed by atoms with van der Waals surface area (Å²) in [5.74, 6) is 0.791. The quantitative estimate of drug-likeness (QED) is 0.792. The van der Waals surface area contributed by atoms with Crippen molar-refractivity contribution in [2.24, 2.45) is 13.0 Å². The monoisotopic (exact) mass is 319 g/mol. The molecule has 1 aromatic carbocycles. The van der Waals surface area contributed by atoms with Gasteiger partial charge in [-0.2, -0.15) is 0 Å². The van der Waals surface area contributed by atoms with Crippen LogP contribution < -0.4 is 5.32 Å². The van der Waals surface area contributed by atoms with Gasteiger partial charge in [0.05, 0.1) is 11.8 Å². The lowest BCUT2D eigenvalue weighted by molar-refractivity contribution is -0.119. The van der Waals surface area contributed by atoms with Gasteiger partial charge in [-0.3, -0.25) is 4.79 Å². The topological polar surface area (TPSA) is 72.7 Å². The number of hydrogen-bond acceptors (Lipinski definition) is 5. The van der Waals surface area contributed by atoms with Crippen LogP contribution in [0.3, 0.4) is 0 Å². The lowest BCUT2D eigenvalue weighted by Gasteiger charge is -2.21.